The quantitative estimate of drug-likeness (QED) is 0.630. The van der Waals surface area contributed by atoms with Gasteiger partial charge in [-0.2, -0.15) is 0 Å². The highest BCUT2D eigenvalue weighted by atomic mass is 16.3. The van der Waals surface area contributed by atoms with Gasteiger partial charge >= 0.3 is 0 Å². The van der Waals surface area contributed by atoms with E-state index >= 15 is 0 Å². The molecule has 2 aromatic heterocycles. The first-order valence-corrected chi connectivity index (χ1v) is 11.3. The molecule has 0 saturated carbocycles. The van der Waals surface area contributed by atoms with Crippen LogP contribution in [0.15, 0.2) is 67.1 Å². The average molecular weight is 445 g/mol. The minimum Gasteiger partial charge on any atom is -0.505 e. The van der Waals surface area contributed by atoms with Crippen molar-refractivity contribution in [2.24, 2.45) is 5.92 Å². The maximum atomic E-state index is 13.5. The number of carbonyl (C=O) groups excluding carboxylic acids is 2. The van der Waals surface area contributed by atoms with Crippen LogP contribution in [0.25, 0.3) is 11.1 Å². The molecular weight excluding hydrogens is 416 g/mol. The Labute approximate surface area is 193 Å². The predicted molar refractivity (Wildman–Crippen MR) is 126 cm³/mol. The van der Waals surface area contributed by atoms with E-state index in [4.69, 9.17) is 0 Å². The van der Waals surface area contributed by atoms with Crippen LogP contribution in [0.4, 0.5) is 0 Å². The van der Waals surface area contributed by atoms with Crippen molar-refractivity contribution in [3.05, 3.63) is 78.4 Å². The fourth-order valence-corrected chi connectivity index (χ4v) is 4.35. The van der Waals surface area contributed by atoms with Crippen molar-refractivity contribution < 1.29 is 14.7 Å². The van der Waals surface area contributed by atoms with Gasteiger partial charge in [0.05, 0.1) is 5.92 Å². The molecule has 1 aliphatic heterocycles. The maximum Gasteiger partial charge on any atom is 0.276 e. The summed E-state index contributed by atoms with van der Waals surface area (Å²) < 4.78 is 0. The Morgan fingerprint density at radius 3 is 2.67 bits per heavy atom. The van der Waals surface area contributed by atoms with E-state index in [9.17, 15) is 14.7 Å². The molecule has 33 heavy (non-hydrogen) atoms. The van der Waals surface area contributed by atoms with Crippen LogP contribution in [0, 0.1) is 5.92 Å². The molecule has 0 spiro atoms. The second-order valence-corrected chi connectivity index (χ2v) is 8.25. The Hall–Kier alpha value is -3.74. The first-order chi connectivity index (χ1) is 16.1. The van der Waals surface area contributed by atoms with Gasteiger partial charge in [-0.25, -0.2) is 4.98 Å². The largest absolute Gasteiger partial charge is 0.505 e. The molecule has 7 heteroatoms. The van der Waals surface area contributed by atoms with Crippen LogP contribution in [0.1, 0.15) is 29.4 Å². The van der Waals surface area contributed by atoms with E-state index in [0.29, 0.717) is 26.1 Å². The number of pyridine rings is 2. The van der Waals surface area contributed by atoms with E-state index in [1.165, 1.54) is 12.3 Å². The van der Waals surface area contributed by atoms with Crippen LogP contribution in [0.2, 0.25) is 0 Å². The van der Waals surface area contributed by atoms with Gasteiger partial charge in [-0.15, -0.1) is 0 Å². The minimum atomic E-state index is -0.397. The Morgan fingerprint density at radius 1 is 1.09 bits per heavy atom. The molecule has 3 heterocycles. The molecular formula is C26H28N4O3. The molecule has 0 radical (unpaired) electrons. The lowest BCUT2D eigenvalue weighted by molar-refractivity contribution is -0.134. The van der Waals surface area contributed by atoms with Crippen LogP contribution < -0.4 is 0 Å². The summed E-state index contributed by atoms with van der Waals surface area (Å²) in [4.78, 5) is 38.5. The number of rotatable bonds is 6. The lowest BCUT2D eigenvalue weighted by atomic mass is 9.91. The molecule has 0 unspecified atom stereocenters. The first-order valence-electron chi connectivity index (χ1n) is 11.3. The highest BCUT2D eigenvalue weighted by Gasteiger charge is 2.33. The molecule has 7 nitrogen and oxygen atoms in total. The van der Waals surface area contributed by atoms with Crippen LogP contribution >= 0.6 is 0 Å². The molecule has 2 amide bonds. The van der Waals surface area contributed by atoms with Crippen molar-refractivity contribution in [1.82, 2.24) is 19.8 Å². The van der Waals surface area contributed by atoms with E-state index in [2.05, 4.69) is 9.97 Å². The van der Waals surface area contributed by atoms with Crippen molar-refractivity contribution in [2.45, 2.75) is 19.8 Å². The number of aromatic hydroxyl groups is 1. The summed E-state index contributed by atoms with van der Waals surface area (Å²) >= 11 is 0. The third-order valence-corrected chi connectivity index (χ3v) is 5.97. The molecule has 1 saturated heterocycles. The molecule has 1 N–H and O–H groups in total. The number of aromatic nitrogens is 2. The van der Waals surface area contributed by atoms with Crippen molar-refractivity contribution in [3.63, 3.8) is 0 Å². The third-order valence-electron chi connectivity index (χ3n) is 5.97. The van der Waals surface area contributed by atoms with Gasteiger partial charge in [0.25, 0.3) is 5.91 Å². The minimum absolute atomic E-state index is 0.0170. The lowest BCUT2D eigenvalue weighted by Crippen LogP contribution is -2.38. The molecule has 0 aliphatic carbocycles. The highest BCUT2D eigenvalue weighted by molar-refractivity contribution is 5.95. The number of hydrogen-bond donors (Lipinski definition) is 1. The fraction of sp³-hybridized carbons (Fsp3) is 0.308. The lowest BCUT2D eigenvalue weighted by Gasteiger charge is -2.24. The summed E-state index contributed by atoms with van der Waals surface area (Å²) in [6.45, 7) is 3.83. The molecule has 4 rings (SSSR count). The van der Waals surface area contributed by atoms with E-state index in [1.54, 1.807) is 17.2 Å². The SMILES string of the molecule is CCCN1CCN(C(=O)c2ncccc2O)C[C@@H](Cc2ccccc2-c2cccnc2)C1=O. The standard InChI is InChI=1S/C26H28N4O3/c1-2-13-29-14-15-30(26(33)24-23(31)10-6-12-28-24)18-21(25(29)32)16-19-7-3-4-9-22(19)20-8-5-11-27-17-20/h3-12,17,21,31H,2,13-16,18H2,1H3/t21-/m1/s1. The maximum absolute atomic E-state index is 13.5. The Morgan fingerprint density at radius 2 is 1.91 bits per heavy atom. The summed E-state index contributed by atoms with van der Waals surface area (Å²) in [5.41, 5.74) is 3.08. The van der Waals surface area contributed by atoms with Crippen molar-refractivity contribution >= 4 is 11.8 Å². The molecule has 170 valence electrons. The molecule has 1 aliphatic rings. The summed E-state index contributed by atoms with van der Waals surface area (Å²) in [6.07, 6.45) is 6.39. The summed E-state index contributed by atoms with van der Waals surface area (Å²) in [5, 5.41) is 10.1. The van der Waals surface area contributed by atoms with Crippen molar-refractivity contribution in [3.8, 4) is 16.9 Å². The monoisotopic (exact) mass is 444 g/mol. The number of nitrogens with zero attached hydrogens (tertiary/aromatic N) is 4. The summed E-state index contributed by atoms with van der Waals surface area (Å²) in [5.74, 6) is -0.850. The van der Waals surface area contributed by atoms with Crippen LogP contribution in [0.5, 0.6) is 5.75 Å². The number of benzene rings is 1. The fourth-order valence-electron chi connectivity index (χ4n) is 4.35. The number of hydrogen-bond acceptors (Lipinski definition) is 5. The summed E-state index contributed by atoms with van der Waals surface area (Å²) in [7, 11) is 0. The molecule has 1 atom stereocenters. The topological polar surface area (TPSA) is 86.6 Å². The van der Waals surface area contributed by atoms with Gasteiger partial charge in [0, 0.05) is 50.3 Å². The van der Waals surface area contributed by atoms with Gasteiger partial charge in [-0.3, -0.25) is 14.6 Å². The van der Waals surface area contributed by atoms with Gasteiger partial charge < -0.3 is 14.9 Å². The molecule has 0 bridgehead atoms. The highest BCUT2D eigenvalue weighted by Crippen LogP contribution is 2.27. The zero-order valence-corrected chi connectivity index (χ0v) is 18.7. The number of amides is 2. The van der Waals surface area contributed by atoms with Crippen molar-refractivity contribution in [1.29, 1.82) is 0 Å². The van der Waals surface area contributed by atoms with Gasteiger partial charge in [-0.1, -0.05) is 37.3 Å². The summed E-state index contributed by atoms with van der Waals surface area (Å²) in [6, 6.07) is 14.9. The van der Waals surface area contributed by atoms with Gasteiger partial charge in [-0.05, 0) is 42.2 Å². The van der Waals surface area contributed by atoms with Crippen LogP contribution in [0.3, 0.4) is 0 Å². The van der Waals surface area contributed by atoms with Gasteiger partial charge in [0.2, 0.25) is 5.91 Å². The molecule has 3 aromatic rings. The zero-order valence-electron chi connectivity index (χ0n) is 18.7. The molecule has 1 aromatic carbocycles. The molecule has 1 fully saturated rings. The van der Waals surface area contributed by atoms with E-state index in [1.807, 2.05) is 54.4 Å². The third kappa shape index (κ3) is 5.03. The second-order valence-electron chi connectivity index (χ2n) is 8.25. The van der Waals surface area contributed by atoms with Crippen molar-refractivity contribution in [2.75, 3.05) is 26.2 Å². The number of carbonyl (C=O) groups is 2. The van der Waals surface area contributed by atoms with E-state index in [0.717, 1.165) is 23.1 Å². The van der Waals surface area contributed by atoms with Gasteiger partial charge in [0.1, 0.15) is 5.75 Å². The Bertz CT molecular complexity index is 1120. The zero-order chi connectivity index (χ0) is 23.2. The Balaban J connectivity index is 1.65. The van der Waals surface area contributed by atoms with Crippen LogP contribution in [-0.4, -0.2) is 62.9 Å². The normalized spacial score (nSPS) is 16.5. The average Bonchev–Trinajstić information content (AvgIpc) is 2.99. The predicted octanol–water partition coefficient (Wildman–Crippen LogP) is 3.40. The van der Waals surface area contributed by atoms with E-state index in [-0.39, 0.29) is 29.8 Å². The first kappa shape index (κ1) is 22.5. The van der Waals surface area contributed by atoms with Gasteiger partial charge in [0.15, 0.2) is 5.69 Å². The second kappa shape index (κ2) is 10.3. The smallest absolute Gasteiger partial charge is 0.276 e. The van der Waals surface area contributed by atoms with E-state index < -0.39 is 5.92 Å². The Kier molecular flexibility index (Phi) is 6.98. The van der Waals surface area contributed by atoms with Crippen LogP contribution in [-0.2, 0) is 11.2 Å².